The lowest BCUT2D eigenvalue weighted by Crippen LogP contribution is -1.93. The van der Waals surface area contributed by atoms with Gasteiger partial charge >= 0.3 is 0 Å². The van der Waals surface area contributed by atoms with Gasteiger partial charge in [0.05, 0.1) is 0 Å². The topological polar surface area (TPSA) is 28.7 Å². The van der Waals surface area contributed by atoms with Crippen LogP contribution in [0.2, 0.25) is 0 Å². The summed E-state index contributed by atoms with van der Waals surface area (Å²) in [5.41, 5.74) is 0.340. The van der Waals surface area contributed by atoms with Crippen LogP contribution in [0.25, 0.3) is 0 Å². The van der Waals surface area contributed by atoms with Crippen LogP contribution in [-0.2, 0) is 7.05 Å². The molecule has 0 aliphatic heterocycles. The molecule has 1 aromatic heterocycles. The molecule has 0 saturated carbocycles. The summed E-state index contributed by atoms with van der Waals surface area (Å²) in [6.45, 7) is 0. The summed E-state index contributed by atoms with van der Waals surface area (Å²) in [6, 6.07) is 4.54. The van der Waals surface area contributed by atoms with Crippen molar-refractivity contribution in [2.24, 2.45) is 7.05 Å². The third-order valence-corrected chi connectivity index (χ3v) is 1.18. The lowest BCUT2D eigenvalue weighted by molar-refractivity contribution is 0.533. The Bertz CT molecular complexity index is 257. The van der Waals surface area contributed by atoms with E-state index in [-0.39, 0.29) is 5.95 Å². The van der Waals surface area contributed by atoms with E-state index < -0.39 is 0 Å². The highest BCUT2D eigenvalue weighted by molar-refractivity contribution is 5.22. The third-order valence-electron chi connectivity index (χ3n) is 1.18. The lowest BCUT2D eigenvalue weighted by Gasteiger charge is -1.90. The minimum atomic E-state index is -0.383. The second-order valence-corrected chi connectivity index (χ2v) is 1.71. The Kier molecular flexibility index (Phi) is 1.23. The molecule has 0 unspecified atom stereocenters. The molecule has 1 aromatic rings. The van der Waals surface area contributed by atoms with Gasteiger partial charge in [-0.3, -0.25) is 0 Å². The first-order valence-corrected chi connectivity index (χ1v) is 2.47. The quantitative estimate of drug-likeness (QED) is 0.508. The Morgan fingerprint density at radius 1 is 1.67 bits per heavy atom. The van der Waals surface area contributed by atoms with E-state index in [1.54, 1.807) is 0 Å². The molecule has 0 fully saturated rings. The number of nitriles is 1. The maximum absolute atomic E-state index is 12.3. The Balaban J connectivity index is 3.24. The zero-order chi connectivity index (χ0) is 6.85. The smallest absolute Gasteiger partial charge is 0.194 e. The van der Waals surface area contributed by atoms with Crippen molar-refractivity contribution >= 4 is 0 Å². The molecule has 0 amide bonds. The van der Waals surface area contributed by atoms with Gasteiger partial charge in [-0.1, -0.05) is 0 Å². The molecule has 9 heavy (non-hydrogen) atoms. The molecule has 0 bridgehead atoms. The molecule has 3 heteroatoms. The van der Waals surface area contributed by atoms with Gasteiger partial charge in [0.1, 0.15) is 11.8 Å². The fraction of sp³-hybridized carbons (Fsp3) is 0.167. The molecule has 1 rings (SSSR count). The molecule has 0 spiro atoms. The van der Waals surface area contributed by atoms with Crippen molar-refractivity contribution in [1.82, 2.24) is 4.57 Å². The van der Waals surface area contributed by atoms with Crippen molar-refractivity contribution < 1.29 is 4.39 Å². The average molecular weight is 124 g/mol. The number of hydrogen-bond acceptors (Lipinski definition) is 1. The van der Waals surface area contributed by atoms with Crippen LogP contribution in [0.4, 0.5) is 4.39 Å². The summed E-state index contributed by atoms with van der Waals surface area (Å²) in [5.74, 6) is -0.383. The van der Waals surface area contributed by atoms with Gasteiger partial charge in [-0.05, 0) is 12.1 Å². The molecule has 1 heterocycles. The Hall–Kier alpha value is -1.30. The molecule has 0 aliphatic carbocycles. The third kappa shape index (κ3) is 0.789. The van der Waals surface area contributed by atoms with Crippen LogP contribution in [-0.4, -0.2) is 4.57 Å². The summed E-state index contributed by atoms with van der Waals surface area (Å²) in [6.07, 6.45) is 0. The van der Waals surface area contributed by atoms with Gasteiger partial charge in [0.2, 0.25) is 0 Å². The maximum atomic E-state index is 12.3. The van der Waals surface area contributed by atoms with E-state index in [0.29, 0.717) is 5.69 Å². The van der Waals surface area contributed by atoms with E-state index >= 15 is 0 Å². The fourth-order valence-electron chi connectivity index (χ4n) is 0.599. The van der Waals surface area contributed by atoms with Crippen molar-refractivity contribution in [2.45, 2.75) is 0 Å². The van der Waals surface area contributed by atoms with Crippen LogP contribution >= 0.6 is 0 Å². The molecule has 0 radical (unpaired) electrons. The molecule has 0 atom stereocenters. The van der Waals surface area contributed by atoms with Gasteiger partial charge < -0.3 is 4.57 Å². The van der Waals surface area contributed by atoms with Crippen LogP contribution in [0.1, 0.15) is 5.69 Å². The maximum Gasteiger partial charge on any atom is 0.194 e. The molecular formula is C6H5FN2. The van der Waals surface area contributed by atoms with Crippen LogP contribution in [0.15, 0.2) is 12.1 Å². The van der Waals surface area contributed by atoms with Crippen LogP contribution < -0.4 is 0 Å². The van der Waals surface area contributed by atoms with E-state index in [9.17, 15) is 4.39 Å². The zero-order valence-corrected chi connectivity index (χ0v) is 4.93. The lowest BCUT2D eigenvalue weighted by atomic mass is 10.5. The highest BCUT2D eigenvalue weighted by Crippen LogP contribution is 2.02. The van der Waals surface area contributed by atoms with Crippen molar-refractivity contribution in [3.8, 4) is 6.07 Å². The van der Waals surface area contributed by atoms with E-state index in [2.05, 4.69) is 0 Å². The molecule has 0 aromatic carbocycles. The first-order valence-electron chi connectivity index (χ1n) is 2.47. The summed E-state index contributed by atoms with van der Waals surface area (Å²) in [7, 11) is 1.51. The van der Waals surface area contributed by atoms with Crippen LogP contribution in [0.3, 0.4) is 0 Å². The number of halogens is 1. The number of hydrogen-bond donors (Lipinski definition) is 0. The Morgan fingerprint density at radius 3 is 2.56 bits per heavy atom. The van der Waals surface area contributed by atoms with E-state index in [1.807, 2.05) is 6.07 Å². The second kappa shape index (κ2) is 1.90. The summed E-state index contributed by atoms with van der Waals surface area (Å²) >= 11 is 0. The van der Waals surface area contributed by atoms with Crippen molar-refractivity contribution in [3.05, 3.63) is 23.8 Å². The van der Waals surface area contributed by atoms with E-state index in [0.717, 1.165) is 0 Å². The minimum absolute atomic E-state index is 0.340. The zero-order valence-electron chi connectivity index (χ0n) is 4.93. The second-order valence-electron chi connectivity index (χ2n) is 1.71. The van der Waals surface area contributed by atoms with Crippen molar-refractivity contribution in [1.29, 1.82) is 5.26 Å². The fourth-order valence-corrected chi connectivity index (χ4v) is 0.599. The van der Waals surface area contributed by atoms with Gasteiger partial charge in [0.25, 0.3) is 0 Å². The monoisotopic (exact) mass is 124 g/mol. The number of rotatable bonds is 0. The van der Waals surface area contributed by atoms with Crippen LogP contribution in [0.5, 0.6) is 0 Å². The Labute approximate surface area is 52.1 Å². The average Bonchev–Trinajstić information content (AvgIpc) is 2.15. The predicted molar refractivity (Wildman–Crippen MR) is 30.1 cm³/mol. The van der Waals surface area contributed by atoms with Crippen LogP contribution in [0, 0.1) is 17.3 Å². The largest absolute Gasteiger partial charge is 0.313 e. The van der Waals surface area contributed by atoms with Gasteiger partial charge in [-0.2, -0.15) is 9.65 Å². The van der Waals surface area contributed by atoms with Gasteiger partial charge in [0, 0.05) is 7.05 Å². The van der Waals surface area contributed by atoms with E-state index in [4.69, 9.17) is 5.26 Å². The van der Waals surface area contributed by atoms with E-state index in [1.165, 1.54) is 23.7 Å². The molecule has 0 saturated heterocycles. The summed E-state index contributed by atoms with van der Waals surface area (Å²) in [5, 5.41) is 8.29. The first-order chi connectivity index (χ1) is 4.25. The highest BCUT2D eigenvalue weighted by Gasteiger charge is 1.99. The van der Waals surface area contributed by atoms with Crippen molar-refractivity contribution in [2.75, 3.05) is 0 Å². The molecule has 0 N–H and O–H groups in total. The molecule has 0 aliphatic rings. The van der Waals surface area contributed by atoms with Crippen molar-refractivity contribution in [3.63, 3.8) is 0 Å². The first kappa shape index (κ1) is 5.83. The standard InChI is InChI=1S/C6H5FN2/c1-9-5(4-8)2-3-6(9)7/h2-3H,1H3. The van der Waals surface area contributed by atoms with Gasteiger partial charge in [-0.25, -0.2) is 0 Å². The molecule has 2 nitrogen and oxygen atoms in total. The SMILES string of the molecule is Cn1c(F)ccc1C#N. The number of aromatic nitrogens is 1. The normalized spacial score (nSPS) is 9.00. The highest BCUT2D eigenvalue weighted by atomic mass is 19.1. The van der Waals surface area contributed by atoms with Gasteiger partial charge in [0.15, 0.2) is 5.95 Å². The van der Waals surface area contributed by atoms with Gasteiger partial charge in [-0.15, -0.1) is 0 Å². The minimum Gasteiger partial charge on any atom is -0.313 e. The Morgan fingerprint density at radius 2 is 2.33 bits per heavy atom. The summed E-state index contributed by atoms with van der Waals surface area (Å²) in [4.78, 5) is 0. The molecule has 46 valence electrons. The number of nitrogens with zero attached hydrogens (tertiary/aromatic N) is 2. The molecular weight excluding hydrogens is 119 g/mol. The predicted octanol–water partition coefficient (Wildman–Crippen LogP) is 1.04. The summed E-state index contributed by atoms with van der Waals surface area (Å²) < 4.78 is 13.5.